The third-order valence-corrected chi connectivity index (χ3v) is 9.26. The number of hydrogen-bond acceptors (Lipinski definition) is 7. The van der Waals surface area contributed by atoms with Gasteiger partial charge < -0.3 is 14.1 Å². The minimum atomic E-state index is -2.03. The maximum absolute atomic E-state index is 12.4. The summed E-state index contributed by atoms with van der Waals surface area (Å²) in [6.45, 7) is 13.0. The number of likely N-dealkylation sites (tertiary alicyclic amines) is 1. The smallest absolute Gasteiger partial charge is 0.410 e. The SMILES string of the molecule is CC(C)(C)OC(=O)N1CCC(N=C2O[Si](C)(C)N3C[C@H](NOCc4ccccc4)CC[C@@H]23)CC1. The van der Waals surface area contributed by atoms with E-state index in [-0.39, 0.29) is 24.2 Å². The zero-order valence-corrected chi connectivity index (χ0v) is 22.3. The van der Waals surface area contributed by atoms with Gasteiger partial charge in [0.2, 0.25) is 0 Å². The van der Waals surface area contributed by atoms with Crippen molar-refractivity contribution in [1.82, 2.24) is 14.9 Å². The third-order valence-electron chi connectivity index (χ3n) is 6.67. The fourth-order valence-corrected chi connectivity index (χ4v) is 7.38. The van der Waals surface area contributed by atoms with Crippen LogP contribution in [0.25, 0.3) is 0 Å². The van der Waals surface area contributed by atoms with Gasteiger partial charge in [-0.3, -0.25) is 14.4 Å². The van der Waals surface area contributed by atoms with Gasteiger partial charge in [-0.15, -0.1) is 0 Å². The van der Waals surface area contributed by atoms with Crippen molar-refractivity contribution in [2.45, 2.75) is 89.9 Å². The number of nitrogens with zero attached hydrogens (tertiary/aromatic N) is 3. The predicted molar refractivity (Wildman–Crippen MR) is 135 cm³/mol. The molecule has 34 heavy (non-hydrogen) atoms. The second-order valence-electron chi connectivity index (χ2n) is 11.0. The van der Waals surface area contributed by atoms with Crippen LogP contribution >= 0.6 is 0 Å². The lowest BCUT2D eigenvalue weighted by molar-refractivity contribution is -0.0102. The average molecular weight is 489 g/mol. The average Bonchev–Trinajstić information content (AvgIpc) is 3.03. The number of benzene rings is 1. The van der Waals surface area contributed by atoms with Gasteiger partial charge in [-0.1, -0.05) is 30.3 Å². The largest absolute Gasteiger partial charge is 0.519 e. The maximum Gasteiger partial charge on any atom is 0.410 e. The molecular formula is C25H40N4O4Si. The third kappa shape index (κ3) is 6.38. The first-order valence-electron chi connectivity index (χ1n) is 12.5. The van der Waals surface area contributed by atoms with Crippen molar-refractivity contribution in [2.75, 3.05) is 19.6 Å². The highest BCUT2D eigenvalue weighted by atomic mass is 28.4. The first-order valence-corrected chi connectivity index (χ1v) is 15.4. The van der Waals surface area contributed by atoms with Gasteiger partial charge in [-0.25, -0.2) is 4.79 Å². The Morgan fingerprint density at radius 3 is 2.53 bits per heavy atom. The normalized spacial score (nSPS) is 26.9. The first-order chi connectivity index (χ1) is 16.1. The van der Waals surface area contributed by atoms with Crippen molar-refractivity contribution in [3.63, 3.8) is 0 Å². The number of hydroxylamine groups is 1. The van der Waals surface area contributed by atoms with Gasteiger partial charge >= 0.3 is 14.6 Å². The second-order valence-corrected chi connectivity index (χ2v) is 14.7. The molecule has 3 saturated heterocycles. The molecular weight excluding hydrogens is 448 g/mol. The summed E-state index contributed by atoms with van der Waals surface area (Å²) in [5.41, 5.74) is 3.98. The molecule has 9 heteroatoms. The molecule has 3 aliphatic heterocycles. The van der Waals surface area contributed by atoms with Gasteiger partial charge in [-0.05, 0) is 65.1 Å². The van der Waals surface area contributed by atoms with E-state index < -0.39 is 14.1 Å². The minimum absolute atomic E-state index is 0.198. The van der Waals surface area contributed by atoms with Gasteiger partial charge in [0.25, 0.3) is 0 Å². The molecule has 3 fully saturated rings. The summed E-state index contributed by atoms with van der Waals surface area (Å²) in [7, 11) is -2.03. The molecule has 0 spiro atoms. The van der Waals surface area contributed by atoms with E-state index in [0.29, 0.717) is 19.7 Å². The topological polar surface area (TPSA) is 75.6 Å². The number of amides is 1. The number of rotatable bonds is 5. The van der Waals surface area contributed by atoms with Crippen molar-refractivity contribution < 1.29 is 18.8 Å². The van der Waals surface area contributed by atoms with Crippen LogP contribution in [0.5, 0.6) is 0 Å². The molecule has 8 nitrogen and oxygen atoms in total. The van der Waals surface area contributed by atoms with Gasteiger partial charge in [0.15, 0.2) is 5.90 Å². The molecule has 4 rings (SSSR count). The van der Waals surface area contributed by atoms with E-state index in [2.05, 4.69) is 35.3 Å². The van der Waals surface area contributed by atoms with Crippen LogP contribution in [-0.4, -0.2) is 73.3 Å². The van der Waals surface area contributed by atoms with Crippen molar-refractivity contribution in [2.24, 2.45) is 4.99 Å². The molecule has 3 heterocycles. The second kappa shape index (κ2) is 10.4. The Kier molecular flexibility index (Phi) is 7.66. The zero-order chi connectivity index (χ0) is 24.3. The first kappa shape index (κ1) is 25.2. The highest BCUT2D eigenvalue weighted by Gasteiger charge is 2.51. The lowest BCUT2D eigenvalue weighted by atomic mass is 10.0. The number of carbonyl (C=O) groups is 1. The highest BCUT2D eigenvalue weighted by molar-refractivity contribution is 6.71. The van der Waals surface area contributed by atoms with Crippen molar-refractivity contribution in [3.8, 4) is 0 Å². The van der Waals surface area contributed by atoms with E-state index in [4.69, 9.17) is 19.0 Å². The van der Waals surface area contributed by atoms with Crippen LogP contribution in [-0.2, 0) is 20.6 Å². The Morgan fingerprint density at radius 1 is 1.15 bits per heavy atom. The Morgan fingerprint density at radius 2 is 1.85 bits per heavy atom. The van der Waals surface area contributed by atoms with Crippen molar-refractivity contribution in [1.29, 1.82) is 0 Å². The Hall–Kier alpha value is -1.94. The lowest BCUT2D eigenvalue weighted by Gasteiger charge is -2.37. The molecule has 2 atom stereocenters. The predicted octanol–water partition coefficient (Wildman–Crippen LogP) is 4.07. The lowest BCUT2D eigenvalue weighted by Crippen LogP contribution is -2.57. The molecule has 1 aromatic rings. The number of nitrogens with one attached hydrogen (secondary N) is 1. The van der Waals surface area contributed by atoms with E-state index in [0.717, 1.165) is 43.7 Å². The van der Waals surface area contributed by atoms with Crippen LogP contribution in [0.1, 0.15) is 52.0 Å². The zero-order valence-electron chi connectivity index (χ0n) is 21.3. The van der Waals surface area contributed by atoms with E-state index in [9.17, 15) is 4.79 Å². The summed E-state index contributed by atoms with van der Waals surface area (Å²) >= 11 is 0. The summed E-state index contributed by atoms with van der Waals surface area (Å²) in [6, 6.07) is 11.0. The molecule has 188 valence electrons. The van der Waals surface area contributed by atoms with Crippen LogP contribution in [0.2, 0.25) is 13.1 Å². The molecule has 1 aromatic carbocycles. The molecule has 0 aromatic heterocycles. The Balaban J connectivity index is 1.29. The standard InChI is InChI=1S/C25H40N4O4Si/c1-25(2,3)32-24(30)28-15-13-20(14-16-28)26-23-22-12-11-21(17-29(22)34(4,5)33-23)27-31-18-19-9-7-6-8-10-19/h6-10,20-22,27H,11-18H2,1-5H3/t21-,22+/m1/s1. The number of carbonyl (C=O) groups excluding carboxylic acids is 1. The molecule has 0 bridgehead atoms. The van der Waals surface area contributed by atoms with Crippen LogP contribution < -0.4 is 5.48 Å². The summed E-state index contributed by atoms with van der Waals surface area (Å²) in [5, 5.41) is 0. The molecule has 0 radical (unpaired) electrons. The number of hydrogen-bond donors (Lipinski definition) is 1. The van der Waals surface area contributed by atoms with E-state index in [1.165, 1.54) is 0 Å². The highest BCUT2D eigenvalue weighted by Crippen LogP contribution is 2.33. The van der Waals surface area contributed by atoms with Crippen LogP contribution in [0.4, 0.5) is 4.79 Å². The monoisotopic (exact) mass is 488 g/mol. The van der Waals surface area contributed by atoms with Crippen LogP contribution in [0.15, 0.2) is 35.3 Å². The number of ether oxygens (including phenoxy) is 1. The van der Waals surface area contributed by atoms with Gasteiger partial charge in [-0.2, -0.15) is 5.48 Å². The van der Waals surface area contributed by atoms with E-state index in [1.54, 1.807) is 4.90 Å². The molecule has 0 saturated carbocycles. The van der Waals surface area contributed by atoms with Crippen LogP contribution in [0.3, 0.4) is 0 Å². The van der Waals surface area contributed by atoms with Gasteiger partial charge in [0.1, 0.15) is 5.60 Å². The molecule has 0 unspecified atom stereocenters. The Labute approximate surface area is 204 Å². The van der Waals surface area contributed by atoms with Gasteiger partial charge in [0.05, 0.1) is 18.7 Å². The quantitative estimate of drug-likeness (QED) is 0.497. The van der Waals surface area contributed by atoms with Crippen molar-refractivity contribution >= 4 is 20.5 Å². The fraction of sp³-hybridized carbons (Fsp3) is 0.680. The number of piperidine rings is 2. The summed E-state index contributed by atoms with van der Waals surface area (Å²) in [6.07, 6.45) is 3.50. The minimum Gasteiger partial charge on any atom is -0.519 e. The summed E-state index contributed by atoms with van der Waals surface area (Å²) in [5.74, 6) is 0.913. The maximum atomic E-state index is 12.4. The number of fused-ring (bicyclic) bond motifs is 1. The van der Waals surface area contributed by atoms with E-state index >= 15 is 0 Å². The van der Waals surface area contributed by atoms with Crippen molar-refractivity contribution in [3.05, 3.63) is 35.9 Å². The van der Waals surface area contributed by atoms with Gasteiger partial charge in [0, 0.05) is 25.7 Å². The summed E-state index contributed by atoms with van der Waals surface area (Å²) < 4.78 is 14.6. The molecule has 1 N–H and O–H groups in total. The number of aliphatic imine (C=N–C) groups is 1. The fourth-order valence-electron chi connectivity index (χ4n) is 4.91. The summed E-state index contributed by atoms with van der Waals surface area (Å²) in [4.78, 5) is 25.0. The molecule has 0 aliphatic carbocycles. The molecule has 3 aliphatic rings. The van der Waals surface area contributed by atoms with Crippen LogP contribution in [0, 0.1) is 0 Å². The Bertz CT molecular complexity index is 865. The van der Waals surface area contributed by atoms with E-state index in [1.807, 2.05) is 39.0 Å². The molecule has 1 amide bonds.